The van der Waals surface area contributed by atoms with E-state index < -0.39 is 0 Å². The molecular weight excluding hydrogens is 401 g/mol. The van der Waals surface area contributed by atoms with E-state index in [4.69, 9.17) is 9.47 Å². The van der Waals surface area contributed by atoms with Crippen LogP contribution in [0, 0.1) is 5.82 Å². The van der Waals surface area contributed by atoms with Crippen LogP contribution in [0.3, 0.4) is 0 Å². The molecule has 0 saturated heterocycles. The van der Waals surface area contributed by atoms with Gasteiger partial charge in [-0.25, -0.2) is 4.39 Å². The summed E-state index contributed by atoms with van der Waals surface area (Å²) in [7, 11) is 0. The van der Waals surface area contributed by atoms with Crippen molar-refractivity contribution in [2.24, 2.45) is 0 Å². The SMILES string of the molecule is CC(C)c1ccc2c(c1)Cc1cccc(c1)CN(Cc1cccc(F)c1)CCOCCO2. The van der Waals surface area contributed by atoms with Gasteiger partial charge in [0.05, 0.1) is 13.2 Å². The summed E-state index contributed by atoms with van der Waals surface area (Å²) in [6, 6.07) is 22.1. The molecule has 2 bridgehead atoms. The summed E-state index contributed by atoms with van der Waals surface area (Å²) in [5, 5.41) is 0. The first-order valence-corrected chi connectivity index (χ1v) is 11.4. The molecule has 0 radical (unpaired) electrons. The molecule has 1 heterocycles. The lowest BCUT2D eigenvalue weighted by Crippen LogP contribution is -2.27. The summed E-state index contributed by atoms with van der Waals surface area (Å²) >= 11 is 0. The first kappa shape index (κ1) is 22.5. The maximum absolute atomic E-state index is 13.7. The van der Waals surface area contributed by atoms with Crippen molar-refractivity contribution in [1.29, 1.82) is 0 Å². The summed E-state index contributed by atoms with van der Waals surface area (Å²) in [6.45, 7) is 8.36. The van der Waals surface area contributed by atoms with Gasteiger partial charge in [-0.3, -0.25) is 4.90 Å². The quantitative estimate of drug-likeness (QED) is 0.509. The highest BCUT2D eigenvalue weighted by atomic mass is 19.1. The van der Waals surface area contributed by atoms with Crippen LogP contribution in [0.4, 0.5) is 4.39 Å². The van der Waals surface area contributed by atoms with E-state index in [0.29, 0.717) is 32.3 Å². The number of rotatable bonds is 3. The molecule has 32 heavy (non-hydrogen) atoms. The monoisotopic (exact) mass is 433 g/mol. The van der Waals surface area contributed by atoms with Crippen LogP contribution in [-0.4, -0.2) is 31.3 Å². The van der Waals surface area contributed by atoms with E-state index in [2.05, 4.69) is 61.2 Å². The second-order valence-electron chi connectivity index (χ2n) is 8.82. The number of hydrogen-bond donors (Lipinski definition) is 0. The summed E-state index contributed by atoms with van der Waals surface area (Å²) in [5.41, 5.74) is 6.02. The Kier molecular flexibility index (Phi) is 7.56. The van der Waals surface area contributed by atoms with Crippen LogP contribution >= 0.6 is 0 Å². The molecule has 0 unspecified atom stereocenters. The fraction of sp³-hybridized carbons (Fsp3) is 0.357. The van der Waals surface area contributed by atoms with Crippen molar-refractivity contribution in [3.8, 4) is 5.75 Å². The van der Waals surface area contributed by atoms with Gasteiger partial charge in [-0.2, -0.15) is 0 Å². The first-order chi connectivity index (χ1) is 15.6. The van der Waals surface area contributed by atoms with Gasteiger partial charge >= 0.3 is 0 Å². The highest BCUT2D eigenvalue weighted by Crippen LogP contribution is 2.27. The minimum Gasteiger partial charge on any atom is -0.491 e. The van der Waals surface area contributed by atoms with E-state index >= 15 is 0 Å². The average Bonchev–Trinajstić information content (AvgIpc) is 2.76. The van der Waals surface area contributed by atoms with Crippen molar-refractivity contribution in [3.05, 3.63) is 100 Å². The van der Waals surface area contributed by atoms with E-state index in [1.165, 1.54) is 28.3 Å². The molecule has 4 rings (SSSR count). The lowest BCUT2D eigenvalue weighted by Gasteiger charge is -2.23. The van der Waals surface area contributed by atoms with E-state index in [1.54, 1.807) is 12.1 Å². The molecule has 0 fully saturated rings. The molecule has 1 aliphatic rings. The van der Waals surface area contributed by atoms with Crippen molar-refractivity contribution in [1.82, 2.24) is 4.90 Å². The smallest absolute Gasteiger partial charge is 0.123 e. The number of hydrogen-bond acceptors (Lipinski definition) is 3. The number of ether oxygens (including phenoxy) is 2. The standard InChI is InChI=1S/C28H32FNO2/c1-21(2)25-9-10-28-26(18-25)16-22-5-3-6-23(15-22)19-30(11-12-31-13-14-32-28)20-24-7-4-8-27(29)17-24/h3-10,15,17-18,21H,11-14,16,19-20H2,1-2H3. The van der Waals surface area contributed by atoms with Gasteiger partial charge in [0.2, 0.25) is 0 Å². The Bertz CT molecular complexity index is 1030. The van der Waals surface area contributed by atoms with E-state index in [1.807, 2.05) is 6.07 Å². The number of nitrogens with zero attached hydrogens (tertiary/aromatic N) is 1. The van der Waals surface area contributed by atoms with Crippen molar-refractivity contribution in [2.75, 3.05) is 26.4 Å². The maximum Gasteiger partial charge on any atom is 0.123 e. The number of halogens is 1. The predicted octanol–water partition coefficient (Wildman–Crippen LogP) is 5.95. The second kappa shape index (κ2) is 10.8. The Balaban J connectivity index is 1.59. The van der Waals surface area contributed by atoms with Gasteiger partial charge in [-0.1, -0.05) is 62.4 Å². The summed E-state index contributed by atoms with van der Waals surface area (Å²) in [4.78, 5) is 2.31. The van der Waals surface area contributed by atoms with Gasteiger partial charge < -0.3 is 9.47 Å². The van der Waals surface area contributed by atoms with Crippen molar-refractivity contribution in [2.45, 2.75) is 39.3 Å². The molecular formula is C28H32FNO2. The molecule has 1 aliphatic heterocycles. The van der Waals surface area contributed by atoms with Gasteiger partial charge in [0.1, 0.15) is 18.2 Å². The zero-order chi connectivity index (χ0) is 22.3. The molecule has 3 nitrogen and oxygen atoms in total. The molecule has 0 aliphatic carbocycles. The third-order valence-corrected chi connectivity index (χ3v) is 5.88. The fourth-order valence-corrected chi connectivity index (χ4v) is 4.17. The summed E-state index contributed by atoms with van der Waals surface area (Å²) in [5.74, 6) is 1.21. The minimum atomic E-state index is -0.195. The molecule has 0 amide bonds. The van der Waals surface area contributed by atoms with Crippen molar-refractivity contribution in [3.63, 3.8) is 0 Å². The van der Waals surface area contributed by atoms with E-state index in [9.17, 15) is 4.39 Å². The lowest BCUT2D eigenvalue weighted by atomic mass is 9.96. The number of fused-ring (bicyclic) bond motifs is 3. The zero-order valence-corrected chi connectivity index (χ0v) is 19.0. The fourth-order valence-electron chi connectivity index (χ4n) is 4.17. The van der Waals surface area contributed by atoms with Gasteiger partial charge in [0.15, 0.2) is 0 Å². The summed E-state index contributed by atoms with van der Waals surface area (Å²) in [6.07, 6.45) is 0.828. The van der Waals surface area contributed by atoms with Crippen LogP contribution in [0.1, 0.15) is 47.6 Å². The van der Waals surface area contributed by atoms with Gasteiger partial charge in [0, 0.05) is 26.1 Å². The Labute approximate surface area is 190 Å². The Morgan fingerprint density at radius 3 is 2.59 bits per heavy atom. The molecule has 0 N–H and O–H groups in total. The van der Waals surface area contributed by atoms with Crippen LogP contribution in [0.25, 0.3) is 0 Å². The molecule has 4 heteroatoms. The zero-order valence-electron chi connectivity index (χ0n) is 19.0. The van der Waals surface area contributed by atoms with Gasteiger partial charge in [0.25, 0.3) is 0 Å². The highest BCUT2D eigenvalue weighted by molar-refractivity contribution is 5.42. The molecule has 0 saturated carbocycles. The number of benzene rings is 3. The van der Waals surface area contributed by atoms with E-state index in [0.717, 1.165) is 30.8 Å². The second-order valence-corrected chi connectivity index (χ2v) is 8.82. The largest absolute Gasteiger partial charge is 0.491 e. The highest BCUT2D eigenvalue weighted by Gasteiger charge is 2.12. The predicted molar refractivity (Wildman–Crippen MR) is 127 cm³/mol. The Morgan fingerprint density at radius 1 is 0.906 bits per heavy atom. The topological polar surface area (TPSA) is 21.7 Å². The molecule has 168 valence electrons. The summed E-state index contributed by atoms with van der Waals surface area (Å²) < 4.78 is 25.6. The lowest BCUT2D eigenvalue weighted by molar-refractivity contribution is 0.0757. The average molecular weight is 434 g/mol. The van der Waals surface area contributed by atoms with Crippen LogP contribution in [0.5, 0.6) is 5.75 Å². The Hall–Kier alpha value is -2.69. The molecule has 3 aromatic rings. The van der Waals surface area contributed by atoms with Gasteiger partial charge in [-0.05, 0) is 51.9 Å². The normalized spacial score (nSPS) is 15.6. The molecule has 3 aromatic carbocycles. The molecule has 0 aromatic heterocycles. The molecule has 0 spiro atoms. The first-order valence-electron chi connectivity index (χ1n) is 11.4. The van der Waals surface area contributed by atoms with Crippen molar-refractivity contribution < 1.29 is 13.9 Å². The van der Waals surface area contributed by atoms with Crippen LogP contribution in [-0.2, 0) is 24.2 Å². The van der Waals surface area contributed by atoms with Crippen LogP contribution < -0.4 is 4.74 Å². The van der Waals surface area contributed by atoms with Gasteiger partial charge in [-0.15, -0.1) is 0 Å². The van der Waals surface area contributed by atoms with Crippen molar-refractivity contribution >= 4 is 0 Å². The maximum atomic E-state index is 13.7. The Morgan fingerprint density at radius 2 is 1.75 bits per heavy atom. The van der Waals surface area contributed by atoms with E-state index in [-0.39, 0.29) is 5.82 Å². The minimum absolute atomic E-state index is 0.195. The van der Waals surface area contributed by atoms with Crippen LogP contribution in [0.2, 0.25) is 0 Å². The third kappa shape index (κ3) is 6.18. The van der Waals surface area contributed by atoms with Crippen LogP contribution in [0.15, 0.2) is 66.7 Å². The third-order valence-electron chi connectivity index (χ3n) is 5.88. The molecule has 0 atom stereocenters.